The number of ether oxygens (including phenoxy) is 1. The Bertz CT molecular complexity index is 1130. The molecule has 0 bridgehead atoms. The highest BCUT2D eigenvalue weighted by Crippen LogP contribution is 2.40. The van der Waals surface area contributed by atoms with Gasteiger partial charge in [0, 0.05) is 38.0 Å². The lowest BCUT2D eigenvalue weighted by molar-refractivity contribution is -0.125. The molecule has 0 unspecified atom stereocenters. The molecular weight excluding hydrogens is 432 g/mol. The zero-order chi connectivity index (χ0) is 23.4. The molecule has 1 amide bonds. The third kappa shape index (κ3) is 5.40. The van der Waals surface area contributed by atoms with E-state index in [1.165, 1.54) is 24.5 Å². The van der Waals surface area contributed by atoms with Crippen molar-refractivity contribution in [1.82, 2.24) is 19.9 Å². The van der Waals surface area contributed by atoms with Gasteiger partial charge in [0.1, 0.15) is 17.3 Å². The Labute approximate surface area is 188 Å². The SMILES string of the molecule is C[C@@H](C(=O)Nc1ccc(Oc2cccnc2)cn1)N1CCC(F)(F)[C@@H](c2ccc(=O)[nH]c2)C1. The van der Waals surface area contributed by atoms with E-state index in [0.29, 0.717) is 22.9 Å². The topological polar surface area (TPSA) is 100 Å². The first-order valence-electron chi connectivity index (χ1n) is 10.5. The summed E-state index contributed by atoms with van der Waals surface area (Å²) in [6, 6.07) is 8.75. The summed E-state index contributed by atoms with van der Waals surface area (Å²) in [5, 5.41) is 2.72. The molecule has 0 saturated carbocycles. The molecule has 10 heteroatoms. The van der Waals surface area contributed by atoms with Crippen molar-refractivity contribution in [2.45, 2.75) is 31.2 Å². The standard InChI is InChI=1S/C23H23F2N5O3/c1-15(30-10-8-23(24,25)19(14-30)16-4-7-21(31)28-11-16)22(32)29-20-6-5-18(13-27-20)33-17-3-2-9-26-12-17/h2-7,9,11-13,15,19H,8,10,14H2,1H3,(H,28,31)(H,27,29,32)/t15-,19+/m0/s1. The average Bonchev–Trinajstić information content (AvgIpc) is 2.81. The minimum absolute atomic E-state index is 0.0149. The minimum Gasteiger partial charge on any atom is -0.454 e. The van der Waals surface area contributed by atoms with Crippen LogP contribution >= 0.6 is 0 Å². The number of halogens is 2. The lowest BCUT2D eigenvalue weighted by Crippen LogP contribution is -2.52. The molecule has 1 aliphatic rings. The second kappa shape index (κ2) is 9.45. The van der Waals surface area contributed by atoms with E-state index in [0.717, 1.165) is 0 Å². The van der Waals surface area contributed by atoms with E-state index < -0.39 is 17.9 Å². The van der Waals surface area contributed by atoms with Crippen LogP contribution in [0, 0.1) is 0 Å². The monoisotopic (exact) mass is 455 g/mol. The molecule has 1 fully saturated rings. The van der Waals surface area contributed by atoms with E-state index in [4.69, 9.17) is 4.74 Å². The molecule has 172 valence electrons. The fourth-order valence-electron chi connectivity index (χ4n) is 3.72. The fraction of sp³-hybridized carbons (Fsp3) is 0.304. The maximum atomic E-state index is 14.6. The van der Waals surface area contributed by atoms with Crippen LogP contribution < -0.4 is 15.6 Å². The molecule has 0 radical (unpaired) electrons. The van der Waals surface area contributed by atoms with Crippen molar-refractivity contribution in [3.8, 4) is 11.5 Å². The van der Waals surface area contributed by atoms with Gasteiger partial charge in [-0.15, -0.1) is 0 Å². The largest absolute Gasteiger partial charge is 0.454 e. The van der Waals surface area contributed by atoms with Gasteiger partial charge in [-0.05, 0) is 36.8 Å². The number of piperidine rings is 1. The Morgan fingerprint density at radius 3 is 2.73 bits per heavy atom. The summed E-state index contributed by atoms with van der Waals surface area (Å²) in [6.07, 6.45) is 5.61. The summed E-state index contributed by atoms with van der Waals surface area (Å²) in [7, 11) is 0. The minimum atomic E-state index is -2.93. The van der Waals surface area contributed by atoms with E-state index in [2.05, 4.69) is 20.3 Å². The fourth-order valence-corrected chi connectivity index (χ4v) is 3.72. The molecule has 4 rings (SSSR count). The number of nitrogens with zero attached hydrogens (tertiary/aromatic N) is 3. The summed E-state index contributed by atoms with van der Waals surface area (Å²) in [5.41, 5.74) is -0.0189. The van der Waals surface area contributed by atoms with Crippen molar-refractivity contribution in [2.24, 2.45) is 0 Å². The van der Waals surface area contributed by atoms with Gasteiger partial charge in [-0.1, -0.05) is 6.07 Å². The second-order valence-corrected chi connectivity index (χ2v) is 7.88. The van der Waals surface area contributed by atoms with Gasteiger partial charge in [0.25, 0.3) is 5.92 Å². The first-order chi connectivity index (χ1) is 15.8. The highest BCUT2D eigenvalue weighted by Gasteiger charge is 2.46. The van der Waals surface area contributed by atoms with Gasteiger partial charge in [0.05, 0.1) is 24.4 Å². The van der Waals surface area contributed by atoms with Crippen molar-refractivity contribution < 1.29 is 18.3 Å². The predicted molar refractivity (Wildman–Crippen MR) is 118 cm³/mol. The van der Waals surface area contributed by atoms with Crippen LogP contribution in [0.2, 0.25) is 0 Å². The van der Waals surface area contributed by atoms with Gasteiger partial charge >= 0.3 is 0 Å². The van der Waals surface area contributed by atoms with E-state index in [-0.39, 0.29) is 31.0 Å². The van der Waals surface area contributed by atoms with Crippen molar-refractivity contribution in [3.05, 3.63) is 77.1 Å². The maximum Gasteiger partial charge on any atom is 0.257 e. The van der Waals surface area contributed by atoms with Crippen LogP contribution in [0.1, 0.15) is 24.8 Å². The van der Waals surface area contributed by atoms with Crippen LogP contribution in [0.25, 0.3) is 0 Å². The van der Waals surface area contributed by atoms with Gasteiger partial charge in [-0.2, -0.15) is 0 Å². The third-order valence-corrected chi connectivity index (χ3v) is 5.65. The number of hydrogen-bond donors (Lipinski definition) is 2. The van der Waals surface area contributed by atoms with Crippen LogP contribution in [-0.2, 0) is 4.79 Å². The molecule has 33 heavy (non-hydrogen) atoms. The lowest BCUT2D eigenvalue weighted by Gasteiger charge is -2.40. The zero-order valence-electron chi connectivity index (χ0n) is 17.9. The molecule has 0 spiro atoms. The quantitative estimate of drug-likeness (QED) is 0.591. The number of aromatic nitrogens is 3. The van der Waals surface area contributed by atoms with Crippen molar-refractivity contribution in [3.63, 3.8) is 0 Å². The number of rotatable bonds is 6. The Hall–Kier alpha value is -3.66. The smallest absolute Gasteiger partial charge is 0.257 e. The van der Waals surface area contributed by atoms with Crippen LogP contribution in [0.15, 0.2) is 66.0 Å². The number of nitrogens with one attached hydrogen (secondary N) is 2. The molecule has 3 aromatic heterocycles. The molecule has 1 aliphatic heterocycles. The van der Waals surface area contributed by atoms with Crippen molar-refractivity contribution in [1.29, 1.82) is 0 Å². The van der Waals surface area contributed by atoms with Crippen molar-refractivity contribution >= 4 is 11.7 Å². The van der Waals surface area contributed by atoms with Crippen LogP contribution in [0.3, 0.4) is 0 Å². The zero-order valence-corrected chi connectivity index (χ0v) is 17.9. The number of alkyl halides is 2. The highest BCUT2D eigenvalue weighted by molar-refractivity contribution is 5.93. The molecule has 8 nitrogen and oxygen atoms in total. The summed E-state index contributed by atoms with van der Waals surface area (Å²) >= 11 is 0. The molecular formula is C23H23F2N5O3. The number of anilines is 1. The van der Waals surface area contributed by atoms with Crippen molar-refractivity contribution in [2.75, 3.05) is 18.4 Å². The number of pyridine rings is 3. The molecule has 0 aliphatic carbocycles. The third-order valence-electron chi connectivity index (χ3n) is 5.65. The normalized spacial score (nSPS) is 18.9. The van der Waals surface area contributed by atoms with Gasteiger partial charge in [0.15, 0.2) is 0 Å². The van der Waals surface area contributed by atoms with E-state index in [1.54, 1.807) is 48.5 Å². The Morgan fingerprint density at radius 2 is 2.06 bits per heavy atom. The number of hydrogen-bond acceptors (Lipinski definition) is 6. The summed E-state index contributed by atoms with van der Waals surface area (Å²) in [5.74, 6) is -3.05. The van der Waals surface area contributed by atoms with Gasteiger partial charge in [-0.3, -0.25) is 19.5 Å². The number of carbonyl (C=O) groups excluding carboxylic acids is 1. The van der Waals surface area contributed by atoms with Crippen LogP contribution in [0.4, 0.5) is 14.6 Å². The van der Waals surface area contributed by atoms with E-state index >= 15 is 0 Å². The van der Waals surface area contributed by atoms with E-state index in [1.807, 2.05) is 0 Å². The number of amides is 1. The lowest BCUT2D eigenvalue weighted by atomic mass is 9.87. The molecule has 2 atom stereocenters. The van der Waals surface area contributed by atoms with Gasteiger partial charge < -0.3 is 15.0 Å². The average molecular weight is 455 g/mol. The predicted octanol–water partition coefficient (Wildman–Crippen LogP) is 3.41. The molecule has 2 N–H and O–H groups in total. The molecule has 3 aromatic rings. The Morgan fingerprint density at radius 1 is 1.24 bits per heavy atom. The second-order valence-electron chi connectivity index (χ2n) is 7.88. The Balaban J connectivity index is 1.39. The first-order valence-corrected chi connectivity index (χ1v) is 10.5. The molecule has 0 aromatic carbocycles. The van der Waals surface area contributed by atoms with Gasteiger partial charge in [0.2, 0.25) is 11.5 Å². The Kier molecular flexibility index (Phi) is 6.45. The maximum absolute atomic E-state index is 14.6. The highest BCUT2D eigenvalue weighted by atomic mass is 19.3. The van der Waals surface area contributed by atoms with Crippen LogP contribution in [-0.4, -0.2) is 50.8 Å². The van der Waals surface area contributed by atoms with Gasteiger partial charge in [-0.25, -0.2) is 13.8 Å². The van der Waals surface area contributed by atoms with E-state index in [9.17, 15) is 18.4 Å². The van der Waals surface area contributed by atoms with Crippen LogP contribution in [0.5, 0.6) is 11.5 Å². The first kappa shape index (κ1) is 22.5. The molecule has 4 heterocycles. The summed E-state index contributed by atoms with van der Waals surface area (Å²) in [4.78, 5) is 36.4. The number of likely N-dealkylation sites (tertiary alicyclic amines) is 1. The summed E-state index contributed by atoms with van der Waals surface area (Å²) < 4.78 is 34.8. The molecule has 1 saturated heterocycles. The number of aromatic amines is 1. The summed E-state index contributed by atoms with van der Waals surface area (Å²) in [6.45, 7) is 1.73. The number of carbonyl (C=O) groups is 1. The number of H-pyrrole nitrogens is 1.